The van der Waals surface area contributed by atoms with Crippen molar-refractivity contribution in [3.8, 4) is 0 Å². The highest BCUT2D eigenvalue weighted by atomic mass is 16.3. The lowest BCUT2D eigenvalue weighted by Gasteiger charge is -2.43. The molecule has 2 atom stereocenters. The molecule has 1 aliphatic heterocycles. The number of carbonyl (C=O) groups excluding carboxylic acids is 1. The first-order valence-electron chi connectivity index (χ1n) is 9.43. The zero-order chi connectivity index (χ0) is 19.8. The summed E-state index contributed by atoms with van der Waals surface area (Å²) in [7, 11) is 1.69. The van der Waals surface area contributed by atoms with E-state index in [0.29, 0.717) is 31.5 Å². The number of hydrogen-bond acceptors (Lipinski definition) is 3. The molecule has 0 aliphatic carbocycles. The Morgan fingerprint density at radius 2 is 1.93 bits per heavy atom. The molecule has 1 fully saturated rings. The van der Waals surface area contributed by atoms with E-state index in [1.165, 1.54) is 4.57 Å². The summed E-state index contributed by atoms with van der Waals surface area (Å²) in [6.45, 7) is 6.41. The number of piperidine rings is 1. The van der Waals surface area contributed by atoms with Crippen LogP contribution in [0.5, 0.6) is 0 Å². The van der Waals surface area contributed by atoms with Crippen LogP contribution in [-0.2, 0) is 13.5 Å². The Morgan fingerprint density at radius 3 is 2.59 bits per heavy atom. The van der Waals surface area contributed by atoms with Crippen molar-refractivity contribution in [2.75, 3.05) is 13.1 Å². The maximum absolute atomic E-state index is 13.1. The number of aliphatic hydroxyl groups is 1. The Kier molecular flexibility index (Phi) is 5.24. The maximum atomic E-state index is 13.1. The molecule has 2 heterocycles. The molecular weight excluding hydrogens is 340 g/mol. The summed E-state index contributed by atoms with van der Waals surface area (Å²) in [5.74, 6) is -0.311. The average molecular weight is 368 g/mol. The lowest BCUT2D eigenvalue weighted by atomic mass is 9.78. The highest BCUT2D eigenvalue weighted by Gasteiger charge is 2.39. The van der Waals surface area contributed by atoms with Crippen LogP contribution >= 0.6 is 0 Å². The summed E-state index contributed by atoms with van der Waals surface area (Å²) in [6.07, 6.45) is 1.20. The van der Waals surface area contributed by atoms with Gasteiger partial charge in [-0.15, -0.1) is 0 Å². The molecule has 1 aromatic carbocycles. The highest BCUT2D eigenvalue weighted by molar-refractivity contribution is 5.95. The molecule has 0 spiro atoms. The van der Waals surface area contributed by atoms with Gasteiger partial charge in [-0.2, -0.15) is 0 Å². The Balaban J connectivity index is 1.87. The van der Waals surface area contributed by atoms with Crippen LogP contribution in [0, 0.1) is 19.8 Å². The van der Waals surface area contributed by atoms with Crippen molar-refractivity contribution < 1.29 is 9.90 Å². The highest BCUT2D eigenvalue weighted by Crippen LogP contribution is 2.31. The van der Waals surface area contributed by atoms with Gasteiger partial charge in [-0.25, -0.2) is 0 Å². The van der Waals surface area contributed by atoms with Crippen molar-refractivity contribution in [2.45, 2.75) is 39.2 Å². The molecule has 27 heavy (non-hydrogen) atoms. The molecule has 144 valence electrons. The monoisotopic (exact) mass is 368 g/mol. The van der Waals surface area contributed by atoms with Gasteiger partial charge in [0.05, 0.1) is 5.60 Å². The molecular formula is C22H28N2O3. The van der Waals surface area contributed by atoms with Crippen molar-refractivity contribution in [3.05, 3.63) is 69.1 Å². The molecule has 5 nitrogen and oxygen atoms in total. The Morgan fingerprint density at radius 1 is 1.26 bits per heavy atom. The second-order valence-electron chi connectivity index (χ2n) is 7.95. The number of benzene rings is 1. The first kappa shape index (κ1) is 19.4. The molecule has 1 saturated heterocycles. The first-order chi connectivity index (χ1) is 12.7. The molecule has 2 aromatic rings. The molecule has 3 rings (SSSR count). The maximum Gasteiger partial charge on any atom is 0.263 e. The van der Waals surface area contributed by atoms with E-state index >= 15 is 0 Å². The number of aromatic nitrogens is 1. The molecule has 1 N–H and O–H groups in total. The van der Waals surface area contributed by atoms with Crippen molar-refractivity contribution in [2.24, 2.45) is 13.0 Å². The third-order valence-corrected chi connectivity index (χ3v) is 5.90. The fraction of sp³-hybridized carbons (Fsp3) is 0.455. The van der Waals surface area contributed by atoms with Gasteiger partial charge in [0, 0.05) is 31.7 Å². The number of amides is 1. The fourth-order valence-electron chi connectivity index (χ4n) is 3.88. The van der Waals surface area contributed by atoms with E-state index in [0.717, 1.165) is 11.3 Å². The number of aryl methyl sites for hydroxylation is 2. The fourth-order valence-corrected chi connectivity index (χ4v) is 3.88. The van der Waals surface area contributed by atoms with E-state index in [2.05, 4.69) is 0 Å². The van der Waals surface area contributed by atoms with E-state index in [-0.39, 0.29) is 22.9 Å². The molecule has 5 heteroatoms. The smallest absolute Gasteiger partial charge is 0.263 e. The quantitative estimate of drug-likeness (QED) is 0.905. The van der Waals surface area contributed by atoms with Crippen molar-refractivity contribution in [3.63, 3.8) is 0 Å². The number of likely N-dealkylation sites (tertiary alicyclic amines) is 1. The molecule has 1 amide bonds. The molecule has 1 aliphatic rings. The van der Waals surface area contributed by atoms with Crippen molar-refractivity contribution >= 4 is 5.91 Å². The van der Waals surface area contributed by atoms with Gasteiger partial charge >= 0.3 is 0 Å². The van der Waals surface area contributed by atoms with Crippen LogP contribution in [0.15, 0.2) is 41.2 Å². The number of nitrogens with zero attached hydrogens (tertiary/aromatic N) is 2. The zero-order valence-electron chi connectivity index (χ0n) is 16.5. The van der Waals surface area contributed by atoms with Gasteiger partial charge < -0.3 is 14.6 Å². The van der Waals surface area contributed by atoms with Gasteiger partial charge in [0.2, 0.25) is 0 Å². The summed E-state index contributed by atoms with van der Waals surface area (Å²) in [5, 5.41) is 10.9. The number of hydrogen-bond donors (Lipinski definition) is 1. The minimum absolute atomic E-state index is 0.0767. The normalized spacial score (nSPS) is 22.7. The Labute approximate surface area is 160 Å². The number of pyridine rings is 1. The third-order valence-electron chi connectivity index (χ3n) is 5.90. The van der Waals surface area contributed by atoms with E-state index in [9.17, 15) is 14.7 Å². The second kappa shape index (κ2) is 7.31. The van der Waals surface area contributed by atoms with Crippen LogP contribution in [0.25, 0.3) is 0 Å². The van der Waals surface area contributed by atoms with Gasteiger partial charge in [0.15, 0.2) is 0 Å². The SMILES string of the molecule is Cc1cc(C)n(C)c(=O)c1C(=O)N1CC[C@@](C)(O)[C@@H](Cc2ccccc2)C1. The summed E-state index contributed by atoms with van der Waals surface area (Å²) < 4.78 is 1.52. The minimum Gasteiger partial charge on any atom is -0.390 e. The van der Waals surface area contributed by atoms with Crippen molar-refractivity contribution in [1.82, 2.24) is 9.47 Å². The summed E-state index contributed by atoms with van der Waals surface area (Å²) in [4.78, 5) is 27.5. The van der Waals surface area contributed by atoms with E-state index in [1.54, 1.807) is 11.9 Å². The van der Waals surface area contributed by atoms with Crippen molar-refractivity contribution in [1.29, 1.82) is 0 Å². The summed E-state index contributed by atoms with van der Waals surface area (Å²) in [6, 6.07) is 11.9. The third kappa shape index (κ3) is 3.83. The molecule has 0 radical (unpaired) electrons. The zero-order valence-corrected chi connectivity index (χ0v) is 16.5. The van der Waals surface area contributed by atoms with Crippen LogP contribution in [0.3, 0.4) is 0 Å². The lowest BCUT2D eigenvalue weighted by molar-refractivity contribution is -0.0507. The number of carbonyl (C=O) groups is 1. The van der Waals surface area contributed by atoms with E-state index in [1.807, 2.05) is 57.2 Å². The van der Waals surface area contributed by atoms with E-state index < -0.39 is 5.60 Å². The Hall–Kier alpha value is -2.40. The van der Waals surface area contributed by atoms with Gasteiger partial charge in [0.1, 0.15) is 5.56 Å². The van der Waals surface area contributed by atoms with Crippen LogP contribution in [0.4, 0.5) is 0 Å². The number of rotatable bonds is 3. The molecule has 0 unspecified atom stereocenters. The molecule has 1 aromatic heterocycles. The minimum atomic E-state index is -0.833. The molecule has 0 saturated carbocycles. The predicted octanol–water partition coefficient (Wildman–Crippen LogP) is 2.46. The standard InChI is InChI=1S/C22H28N2O3/c1-15-12-16(2)23(4)20(25)19(15)21(26)24-11-10-22(3,27)18(14-24)13-17-8-6-5-7-9-17/h5-9,12,18,27H,10-11,13-14H2,1-4H3/t18-,22+/m0/s1. The van der Waals surface area contributed by atoms with Gasteiger partial charge in [-0.05, 0) is 50.8 Å². The van der Waals surface area contributed by atoms with Crippen LogP contribution < -0.4 is 5.56 Å². The molecule has 0 bridgehead atoms. The van der Waals surface area contributed by atoms with Gasteiger partial charge in [-0.1, -0.05) is 30.3 Å². The van der Waals surface area contributed by atoms with Crippen LogP contribution in [0.1, 0.15) is 40.5 Å². The summed E-state index contributed by atoms with van der Waals surface area (Å²) in [5.41, 5.74) is 1.83. The van der Waals surface area contributed by atoms with Gasteiger partial charge in [-0.3, -0.25) is 9.59 Å². The second-order valence-corrected chi connectivity index (χ2v) is 7.95. The van der Waals surface area contributed by atoms with Gasteiger partial charge in [0.25, 0.3) is 11.5 Å². The lowest BCUT2D eigenvalue weighted by Crippen LogP contribution is -2.53. The average Bonchev–Trinajstić information content (AvgIpc) is 2.62. The van der Waals surface area contributed by atoms with Crippen LogP contribution in [0.2, 0.25) is 0 Å². The topological polar surface area (TPSA) is 62.5 Å². The first-order valence-corrected chi connectivity index (χ1v) is 9.43. The summed E-state index contributed by atoms with van der Waals surface area (Å²) >= 11 is 0. The largest absolute Gasteiger partial charge is 0.390 e. The predicted molar refractivity (Wildman–Crippen MR) is 106 cm³/mol. The van der Waals surface area contributed by atoms with Crippen LogP contribution in [-0.4, -0.2) is 39.2 Å². The van der Waals surface area contributed by atoms with E-state index in [4.69, 9.17) is 0 Å². The Bertz CT molecular complexity index is 900.